The van der Waals surface area contributed by atoms with Gasteiger partial charge in [0.15, 0.2) is 5.88 Å². The minimum atomic E-state index is -0.692. The second-order valence-electron chi connectivity index (χ2n) is 5.41. The van der Waals surface area contributed by atoms with E-state index < -0.39 is 11.9 Å². The quantitative estimate of drug-likeness (QED) is 0.622. The highest BCUT2D eigenvalue weighted by Gasteiger charge is 2.43. The topological polar surface area (TPSA) is 77.2 Å². The molecule has 2 heterocycles. The van der Waals surface area contributed by atoms with Gasteiger partial charge < -0.3 is 14.7 Å². The molecule has 124 valence electrons. The molecular formula is C18H13N3O4. The smallest absolute Gasteiger partial charge is 0.440 e. The van der Waals surface area contributed by atoms with Gasteiger partial charge >= 0.3 is 11.7 Å². The van der Waals surface area contributed by atoms with Gasteiger partial charge in [-0.1, -0.05) is 36.4 Å². The molecule has 2 aromatic carbocycles. The van der Waals surface area contributed by atoms with E-state index in [1.165, 1.54) is 4.70 Å². The van der Waals surface area contributed by atoms with E-state index in [0.717, 1.165) is 0 Å². The Labute approximate surface area is 143 Å². The SMILES string of the molecule is CC1=C([O-])O/C(=C2/C(=O)ON=[N+]2c2ccccc2)N1c1ccccc1. The van der Waals surface area contributed by atoms with E-state index in [1.807, 2.05) is 48.5 Å². The molecule has 0 unspecified atom stereocenters. The first-order chi connectivity index (χ1) is 12.2. The largest absolute Gasteiger partial charge is 0.559 e. The first kappa shape index (κ1) is 14.9. The highest BCUT2D eigenvalue weighted by molar-refractivity contribution is 5.88. The van der Waals surface area contributed by atoms with Crippen LogP contribution in [-0.2, 0) is 14.4 Å². The molecule has 0 spiro atoms. The highest BCUT2D eigenvalue weighted by Crippen LogP contribution is 2.36. The summed E-state index contributed by atoms with van der Waals surface area (Å²) in [6.07, 6.45) is 0. The molecule has 7 heteroatoms. The van der Waals surface area contributed by atoms with Crippen molar-refractivity contribution in [3.63, 3.8) is 0 Å². The molecule has 2 aliphatic rings. The molecule has 0 amide bonds. The Kier molecular flexibility index (Phi) is 3.46. The van der Waals surface area contributed by atoms with Crippen molar-refractivity contribution in [2.24, 2.45) is 5.28 Å². The van der Waals surface area contributed by atoms with Crippen molar-refractivity contribution in [3.05, 3.63) is 83.9 Å². The molecule has 0 aliphatic carbocycles. The van der Waals surface area contributed by atoms with Crippen LogP contribution in [0.5, 0.6) is 0 Å². The summed E-state index contributed by atoms with van der Waals surface area (Å²) in [7, 11) is 0. The van der Waals surface area contributed by atoms with Gasteiger partial charge in [-0.2, -0.15) is 0 Å². The predicted molar refractivity (Wildman–Crippen MR) is 84.6 cm³/mol. The third-order valence-electron chi connectivity index (χ3n) is 3.85. The number of anilines is 1. The standard InChI is InChI=1S/C18H13N3O4/c1-12-17(22)24-16(20(12)13-8-4-2-5-9-13)15-18(23)25-19-21(15)14-10-6-3-7-11-14/h2-11H,1H3/b16-15-. The van der Waals surface area contributed by atoms with E-state index >= 15 is 0 Å². The third kappa shape index (κ3) is 2.42. The maximum Gasteiger partial charge on any atom is 0.440 e. The summed E-state index contributed by atoms with van der Waals surface area (Å²) < 4.78 is 6.69. The molecular weight excluding hydrogens is 322 g/mol. The predicted octanol–water partition coefficient (Wildman–Crippen LogP) is 2.51. The number of para-hydroxylation sites is 2. The monoisotopic (exact) mass is 335 g/mol. The normalized spacial score (nSPS) is 19.8. The maximum absolute atomic E-state index is 12.3. The highest BCUT2D eigenvalue weighted by atomic mass is 16.7. The summed E-state index contributed by atoms with van der Waals surface area (Å²) in [4.78, 5) is 18.7. The minimum Gasteiger partial charge on any atom is -0.559 e. The van der Waals surface area contributed by atoms with E-state index in [0.29, 0.717) is 17.1 Å². The van der Waals surface area contributed by atoms with Gasteiger partial charge in [-0.25, -0.2) is 4.79 Å². The second kappa shape index (κ2) is 5.79. The fourth-order valence-electron chi connectivity index (χ4n) is 2.66. The first-order valence-electron chi connectivity index (χ1n) is 7.59. The van der Waals surface area contributed by atoms with Crippen LogP contribution in [0.4, 0.5) is 11.4 Å². The zero-order valence-corrected chi connectivity index (χ0v) is 13.2. The van der Waals surface area contributed by atoms with Crippen molar-refractivity contribution in [1.82, 2.24) is 0 Å². The Morgan fingerprint density at radius 3 is 2.36 bits per heavy atom. The number of carbonyl (C=O) groups is 1. The summed E-state index contributed by atoms with van der Waals surface area (Å²) in [5.74, 6) is -1.15. The molecule has 0 N–H and O–H groups in total. The fraction of sp³-hybridized carbons (Fsp3) is 0.0556. The molecule has 2 aromatic rings. The van der Waals surface area contributed by atoms with Gasteiger partial charge in [0.1, 0.15) is 0 Å². The van der Waals surface area contributed by atoms with Crippen molar-refractivity contribution in [1.29, 1.82) is 0 Å². The minimum absolute atomic E-state index is 0.0419. The van der Waals surface area contributed by atoms with E-state index in [9.17, 15) is 9.90 Å². The van der Waals surface area contributed by atoms with Gasteiger partial charge in [-0.05, 0) is 19.1 Å². The summed E-state index contributed by atoms with van der Waals surface area (Å²) in [5, 5.41) is 15.9. The average Bonchev–Trinajstić information content (AvgIpc) is 3.16. The van der Waals surface area contributed by atoms with Crippen LogP contribution in [0.2, 0.25) is 0 Å². The Balaban J connectivity index is 1.88. The van der Waals surface area contributed by atoms with Gasteiger partial charge in [0.2, 0.25) is 11.0 Å². The van der Waals surface area contributed by atoms with Crippen molar-refractivity contribution in [3.8, 4) is 0 Å². The summed E-state index contributed by atoms with van der Waals surface area (Å²) >= 11 is 0. The van der Waals surface area contributed by atoms with Gasteiger partial charge in [-0.15, -0.1) is 0 Å². The molecule has 0 aromatic heterocycles. The number of ether oxygens (including phenoxy) is 1. The molecule has 0 saturated heterocycles. The van der Waals surface area contributed by atoms with Gasteiger partial charge in [0, 0.05) is 28.2 Å². The lowest BCUT2D eigenvalue weighted by Crippen LogP contribution is -2.22. The molecule has 0 radical (unpaired) electrons. The summed E-state index contributed by atoms with van der Waals surface area (Å²) in [5.41, 5.74) is 1.70. The third-order valence-corrected chi connectivity index (χ3v) is 3.85. The Morgan fingerprint density at radius 2 is 1.68 bits per heavy atom. The van der Waals surface area contributed by atoms with Gasteiger partial charge in [-0.3, -0.25) is 4.84 Å². The van der Waals surface area contributed by atoms with Crippen LogP contribution in [0.25, 0.3) is 0 Å². The van der Waals surface area contributed by atoms with Gasteiger partial charge in [0.25, 0.3) is 0 Å². The van der Waals surface area contributed by atoms with Crippen molar-refractivity contribution < 1.29 is 24.2 Å². The number of hydrogen-bond donors (Lipinski definition) is 0. The molecule has 4 rings (SSSR count). The van der Waals surface area contributed by atoms with Crippen LogP contribution in [-0.4, -0.2) is 10.7 Å². The summed E-state index contributed by atoms with van der Waals surface area (Å²) in [6.45, 7) is 1.63. The van der Waals surface area contributed by atoms with Crippen molar-refractivity contribution in [2.75, 3.05) is 4.90 Å². The second-order valence-corrected chi connectivity index (χ2v) is 5.41. The van der Waals surface area contributed by atoms with Crippen LogP contribution in [0.15, 0.2) is 89.2 Å². The molecule has 0 saturated carbocycles. The number of carbonyl (C=O) groups excluding carboxylic acids is 1. The average molecular weight is 335 g/mol. The summed E-state index contributed by atoms with van der Waals surface area (Å²) in [6, 6.07) is 18.2. The number of hydrogen-bond acceptors (Lipinski definition) is 6. The van der Waals surface area contributed by atoms with Crippen LogP contribution in [0.1, 0.15) is 6.92 Å². The van der Waals surface area contributed by atoms with Crippen LogP contribution in [0, 0.1) is 0 Å². The van der Waals surface area contributed by atoms with E-state index in [1.54, 1.807) is 24.0 Å². The number of allylic oxidation sites excluding steroid dienone is 1. The van der Waals surface area contributed by atoms with Crippen molar-refractivity contribution >= 4 is 17.3 Å². The maximum atomic E-state index is 12.3. The Hall–Kier alpha value is -3.61. The van der Waals surface area contributed by atoms with Crippen molar-refractivity contribution in [2.45, 2.75) is 6.92 Å². The zero-order valence-electron chi connectivity index (χ0n) is 13.2. The molecule has 25 heavy (non-hydrogen) atoms. The van der Waals surface area contributed by atoms with Crippen LogP contribution < -0.4 is 10.0 Å². The van der Waals surface area contributed by atoms with Crippen LogP contribution >= 0.6 is 0 Å². The Bertz CT molecular complexity index is 933. The molecule has 2 aliphatic heterocycles. The fourth-order valence-corrected chi connectivity index (χ4v) is 2.66. The molecule has 7 nitrogen and oxygen atoms in total. The lowest BCUT2D eigenvalue weighted by molar-refractivity contribution is -0.466. The number of nitrogens with zero attached hydrogens (tertiary/aromatic N) is 3. The first-order valence-corrected chi connectivity index (χ1v) is 7.59. The van der Waals surface area contributed by atoms with Gasteiger partial charge in [0.05, 0.1) is 5.95 Å². The number of rotatable bonds is 2. The Morgan fingerprint density at radius 1 is 1.04 bits per heavy atom. The molecule has 0 bridgehead atoms. The lowest BCUT2D eigenvalue weighted by atomic mass is 10.2. The van der Waals surface area contributed by atoms with E-state index in [2.05, 4.69) is 5.28 Å². The number of benzene rings is 2. The van der Waals surface area contributed by atoms with E-state index in [4.69, 9.17) is 9.57 Å². The zero-order chi connectivity index (χ0) is 17.4. The van der Waals surface area contributed by atoms with E-state index in [-0.39, 0.29) is 11.6 Å². The molecule has 0 fully saturated rings. The molecule has 0 atom stereocenters. The lowest BCUT2D eigenvalue weighted by Gasteiger charge is -2.22. The van der Waals surface area contributed by atoms with Crippen LogP contribution in [0.3, 0.4) is 0 Å².